The van der Waals surface area contributed by atoms with E-state index >= 15 is 0 Å². The van der Waals surface area contributed by atoms with Crippen LogP contribution in [-0.2, 0) is 4.79 Å². The number of piperidine rings is 1. The number of halogens is 2. The normalized spacial score (nSPS) is 19.1. The van der Waals surface area contributed by atoms with E-state index in [1.54, 1.807) is 4.90 Å². The summed E-state index contributed by atoms with van der Waals surface area (Å²) in [5.41, 5.74) is 0. The molecule has 0 saturated carbocycles. The Kier molecular flexibility index (Phi) is 5.37. The Bertz CT molecular complexity index is 484. The number of aliphatic hydroxyl groups is 1. The molecule has 1 amide bonds. The molecule has 0 aliphatic carbocycles. The zero-order valence-electron chi connectivity index (χ0n) is 11.0. The Labute approximate surface area is 121 Å². The molecule has 1 heterocycles. The summed E-state index contributed by atoms with van der Waals surface area (Å²) >= 11 is 1.32. The summed E-state index contributed by atoms with van der Waals surface area (Å²) in [5.74, 6) is -1.23. The molecule has 2 rings (SSSR count). The van der Waals surface area contributed by atoms with Crippen molar-refractivity contribution in [2.75, 3.05) is 18.8 Å². The lowest BCUT2D eigenvalue weighted by atomic mass is 10.1. The number of amides is 1. The molecule has 0 spiro atoms. The van der Waals surface area contributed by atoms with Crippen molar-refractivity contribution in [3.05, 3.63) is 29.8 Å². The van der Waals surface area contributed by atoms with Gasteiger partial charge in [0.15, 0.2) is 11.6 Å². The number of benzene rings is 1. The van der Waals surface area contributed by atoms with Crippen molar-refractivity contribution in [1.82, 2.24) is 4.90 Å². The second-order valence-corrected chi connectivity index (χ2v) is 5.98. The summed E-state index contributed by atoms with van der Waals surface area (Å²) in [5, 5.41) is 9.51. The molecule has 20 heavy (non-hydrogen) atoms. The molecule has 3 nitrogen and oxygen atoms in total. The van der Waals surface area contributed by atoms with Crippen LogP contribution in [0.4, 0.5) is 8.78 Å². The van der Waals surface area contributed by atoms with Gasteiger partial charge in [-0.1, -0.05) is 0 Å². The summed E-state index contributed by atoms with van der Waals surface area (Å²) in [6, 6.07) is 3.72. The molecule has 1 aromatic rings. The zero-order valence-corrected chi connectivity index (χ0v) is 11.8. The second kappa shape index (κ2) is 7.04. The van der Waals surface area contributed by atoms with E-state index in [9.17, 15) is 18.7 Å². The van der Waals surface area contributed by atoms with Gasteiger partial charge in [-0.2, -0.15) is 0 Å². The molecule has 1 unspecified atom stereocenters. The quantitative estimate of drug-likeness (QED) is 0.868. The van der Waals surface area contributed by atoms with E-state index in [2.05, 4.69) is 0 Å². The molecule has 1 aliphatic rings. The number of aliphatic hydroxyl groups excluding tert-OH is 1. The van der Waals surface area contributed by atoms with Crippen LogP contribution in [0.2, 0.25) is 0 Å². The molecule has 1 fully saturated rings. The fourth-order valence-corrected chi connectivity index (χ4v) is 3.03. The molecule has 0 bridgehead atoms. The highest BCUT2D eigenvalue weighted by molar-refractivity contribution is 7.99. The largest absolute Gasteiger partial charge is 0.391 e. The molecule has 0 radical (unpaired) electrons. The first-order chi connectivity index (χ1) is 9.56. The van der Waals surface area contributed by atoms with Crippen LogP contribution >= 0.6 is 11.8 Å². The standard InChI is InChI=1S/C14H17F2NO2S/c15-12-4-3-11(8-13(12)16)20-7-5-14(19)17-6-1-2-10(18)9-17/h3-4,8,10,18H,1-2,5-7,9H2. The highest BCUT2D eigenvalue weighted by Gasteiger charge is 2.21. The first kappa shape index (κ1) is 15.3. The lowest BCUT2D eigenvalue weighted by molar-refractivity contribution is -0.133. The molecule has 6 heteroatoms. The number of β-amino-alcohol motifs (C(OH)–C–C–N with tert-alkyl or cyclic N) is 1. The van der Waals surface area contributed by atoms with Crippen LogP contribution in [0.1, 0.15) is 19.3 Å². The third kappa shape index (κ3) is 4.18. The van der Waals surface area contributed by atoms with Gasteiger partial charge in [0.05, 0.1) is 6.10 Å². The van der Waals surface area contributed by atoms with Crippen LogP contribution in [0, 0.1) is 11.6 Å². The molecule has 0 aromatic heterocycles. The number of thioether (sulfide) groups is 1. The molecule has 1 aromatic carbocycles. The van der Waals surface area contributed by atoms with Crippen LogP contribution in [0.15, 0.2) is 23.1 Å². The lowest BCUT2D eigenvalue weighted by Gasteiger charge is -2.30. The topological polar surface area (TPSA) is 40.5 Å². The molecule has 1 saturated heterocycles. The highest BCUT2D eigenvalue weighted by Crippen LogP contribution is 2.21. The summed E-state index contributed by atoms with van der Waals surface area (Å²) in [6.07, 6.45) is 1.47. The number of rotatable bonds is 4. The van der Waals surface area contributed by atoms with Crippen LogP contribution < -0.4 is 0 Å². The average molecular weight is 301 g/mol. The van der Waals surface area contributed by atoms with E-state index in [1.165, 1.54) is 17.8 Å². The Morgan fingerprint density at radius 1 is 1.40 bits per heavy atom. The summed E-state index contributed by atoms with van der Waals surface area (Å²) < 4.78 is 25.8. The monoisotopic (exact) mass is 301 g/mol. The number of likely N-dealkylation sites (tertiary alicyclic amines) is 1. The maximum atomic E-state index is 13.0. The van der Waals surface area contributed by atoms with E-state index in [1.807, 2.05) is 0 Å². The number of carbonyl (C=O) groups is 1. The van der Waals surface area contributed by atoms with E-state index < -0.39 is 17.7 Å². The molecular weight excluding hydrogens is 284 g/mol. The van der Waals surface area contributed by atoms with Gasteiger partial charge < -0.3 is 10.0 Å². The molecule has 1 N–H and O–H groups in total. The maximum absolute atomic E-state index is 13.0. The molecule has 1 aliphatic heterocycles. The van der Waals surface area contributed by atoms with Gasteiger partial charge in [0.1, 0.15) is 0 Å². The molecule has 110 valence electrons. The van der Waals surface area contributed by atoms with Crippen LogP contribution in [0.25, 0.3) is 0 Å². The van der Waals surface area contributed by atoms with Gasteiger partial charge in [-0.25, -0.2) is 8.78 Å². The van der Waals surface area contributed by atoms with Crippen molar-refractivity contribution in [2.45, 2.75) is 30.3 Å². The molecular formula is C14H17F2NO2S. The summed E-state index contributed by atoms with van der Waals surface area (Å²) in [6.45, 7) is 1.08. The van der Waals surface area contributed by atoms with Crippen molar-refractivity contribution in [3.63, 3.8) is 0 Å². The van der Waals surface area contributed by atoms with Gasteiger partial charge in [-0.15, -0.1) is 11.8 Å². The summed E-state index contributed by atoms with van der Waals surface area (Å²) in [7, 11) is 0. The van der Waals surface area contributed by atoms with Gasteiger partial charge in [0.2, 0.25) is 5.91 Å². The zero-order chi connectivity index (χ0) is 14.5. The number of nitrogens with zero attached hydrogens (tertiary/aromatic N) is 1. The first-order valence-corrected chi connectivity index (χ1v) is 7.58. The highest BCUT2D eigenvalue weighted by atomic mass is 32.2. The summed E-state index contributed by atoms with van der Waals surface area (Å²) in [4.78, 5) is 14.2. The van der Waals surface area contributed by atoms with Crippen molar-refractivity contribution in [1.29, 1.82) is 0 Å². The smallest absolute Gasteiger partial charge is 0.223 e. The number of hydrogen-bond donors (Lipinski definition) is 1. The minimum Gasteiger partial charge on any atom is -0.391 e. The van der Waals surface area contributed by atoms with E-state index in [0.29, 0.717) is 30.2 Å². The molecule has 1 atom stereocenters. The third-order valence-corrected chi connectivity index (χ3v) is 4.22. The third-order valence-electron chi connectivity index (χ3n) is 3.22. The fraction of sp³-hybridized carbons (Fsp3) is 0.500. The van der Waals surface area contributed by atoms with Crippen molar-refractivity contribution in [3.8, 4) is 0 Å². The van der Waals surface area contributed by atoms with Gasteiger partial charge in [0, 0.05) is 30.2 Å². The van der Waals surface area contributed by atoms with Gasteiger partial charge in [0.25, 0.3) is 0 Å². The Balaban J connectivity index is 1.77. The van der Waals surface area contributed by atoms with Crippen molar-refractivity contribution in [2.24, 2.45) is 0 Å². The van der Waals surface area contributed by atoms with E-state index in [-0.39, 0.29) is 5.91 Å². The minimum atomic E-state index is -0.875. The fourth-order valence-electron chi connectivity index (χ4n) is 2.16. The Morgan fingerprint density at radius 3 is 2.90 bits per heavy atom. The first-order valence-electron chi connectivity index (χ1n) is 6.60. The predicted molar refractivity (Wildman–Crippen MR) is 73.5 cm³/mol. The SMILES string of the molecule is O=C(CCSc1ccc(F)c(F)c1)N1CCCC(O)C1. The van der Waals surface area contributed by atoms with Crippen molar-refractivity contribution >= 4 is 17.7 Å². The van der Waals surface area contributed by atoms with Crippen molar-refractivity contribution < 1.29 is 18.7 Å². The maximum Gasteiger partial charge on any atom is 0.223 e. The van der Waals surface area contributed by atoms with Crippen LogP contribution in [0.5, 0.6) is 0 Å². The predicted octanol–water partition coefficient (Wildman–Crippen LogP) is 2.43. The van der Waals surface area contributed by atoms with Gasteiger partial charge in [-0.3, -0.25) is 4.79 Å². The number of hydrogen-bond acceptors (Lipinski definition) is 3. The minimum absolute atomic E-state index is 0.00108. The van der Waals surface area contributed by atoms with E-state index in [0.717, 1.165) is 25.0 Å². The lowest BCUT2D eigenvalue weighted by Crippen LogP contribution is -2.42. The average Bonchev–Trinajstić information content (AvgIpc) is 2.42. The number of carbonyl (C=O) groups excluding carboxylic acids is 1. The van der Waals surface area contributed by atoms with E-state index in [4.69, 9.17) is 0 Å². The van der Waals surface area contributed by atoms with Gasteiger partial charge >= 0.3 is 0 Å². The second-order valence-electron chi connectivity index (χ2n) is 4.81. The Morgan fingerprint density at radius 2 is 2.20 bits per heavy atom. The van der Waals surface area contributed by atoms with Crippen LogP contribution in [-0.4, -0.2) is 40.9 Å². The Hall–Kier alpha value is -1.14. The van der Waals surface area contributed by atoms with Gasteiger partial charge in [-0.05, 0) is 31.0 Å². The van der Waals surface area contributed by atoms with Crippen LogP contribution in [0.3, 0.4) is 0 Å².